The summed E-state index contributed by atoms with van der Waals surface area (Å²) in [6, 6.07) is 21.6. The van der Waals surface area contributed by atoms with Crippen LogP contribution in [0.2, 0.25) is 10.0 Å². The number of nitrogens with zero attached hydrogens (tertiary/aromatic N) is 2. The zero-order valence-electron chi connectivity index (χ0n) is 23.3. The number of carbonyl (C=O) groups is 2. The van der Waals surface area contributed by atoms with Crippen molar-refractivity contribution in [2.45, 2.75) is 11.1 Å². The van der Waals surface area contributed by atoms with Gasteiger partial charge >= 0.3 is 11.4 Å². The summed E-state index contributed by atoms with van der Waals surface area (Å²) in [6.07, 6.45) is -3.05. The Kier molecular flexibility index (Phi) is 11.1. The normalized spacial score (nSPS) is 14.1. The summed E-state index contributed by atoms with van der Waals surface area (Å²) in [7, 11) is -4.10. The highest BCUT2D eigenvalue weighted by molar-refractivity contribution is 8.27. The second kappa shape index (κ2) is 14.6. The summed E-state index contributed by atoms with van der Waals surface area (Å²) < 4.78 is 62.9. The first-order valence-corrected chi connectivity index (χ1v) is 16.3. The van der Waals surface area contributed by atoms with Crippen molar-refractivity contribution < 1.29 is 36.1 Å². The van der Waals surface area contributed by atoms with Gasteiger partial charge < -0.3 is 5.32 Å². The number of carbonyl (C=O) groups excluding carboxylic acids is 2. The predicted molar refractivity (Wildman–Crippen MR) is 179 cm³/mol. The standard InChI is InChI=1S/C17H9F3N2O3S2.C13H9Cl2NO3S/c18-17(19,20)11-2-1-3-13(9-11)21-15(23)14(27-16(21)26)8-10-4-6-12(7-5-10)22(24)25;14-9-6-10(15)8-11(7-9)16-13(17)20(18,19)12-4-2-1-3-5-12/h1-9H;1-8H,(H,16,17). The van der Waals surface area contributed by atoms with Crippen LogP contribution in [0.3, 0.4) is 0 Å². The van der Waals surface area contributed by atoms with Gasteiger partial charge in [0.2, 0.25) is 0 Å². The number of nitrogens with one attached hydrogen (secondary N) is 1. The molecule has 242 valence electrons. The third-order valence-electron chi connectivity index (χ3n) is 6.03. The van der Waals surface area contributed by atoms with Crippen LogP contribution in [0.25, 0.3) is 6.08 Å². The fraction of sp³-hybridized carbons (Fsp3) is 0.0333. The number of amides is 2. The van der Waals surface area contributed by atoms with Gasteiger partial charge in [0.15, 0.2) is 4.32 Å². The summed E-state index contributed by atoms with van der Waals surface area (Å²) in [5, 5.41) is 12.4. The van der Waals surface area contributed by atoms with Crippen molar-refractivity contribution in [3.63, 3.8) is 0 Å². The highest BCUT2D eigenvalue weighted by Gasteiger charge is 2.36. The number of halogens is 5. The fourth-order valence-corrected chi connectivity index (χ4v) is 6.68. The van der Waals surface area contributed by atoms with Crippen molar-refractivity contribution in [3.8, 4) is 0 Å². The zero-order valence-corrected chi connectivity index (χ0v) is 27.2. The molecule has 17 heteroatoms. The Morgan fingerprint density at radius 2 is 1.55 bits per heavy atom. The molecule has 2 amide bonds. The lowest BCUT2D eigenvalue weighted by Gasteiger charge is -2.16. The molecule has 1 fully saturated rings. The van der Waals surface area contributed by atoms with E-state index in [1.807, 2.05) is 0 Å². The molecule has 0 aliphatic carbocycles. The molecule has 0 spiro atoms. The first-order chi connectivity index (χ1) is 22.1. The molecule has 0 radical (unpaired) electrons. The molecule has 9 nitrogen and oxygen atoms in total. The summed E-state index contributed by atoms with van der Waals surface area (Å²) in [5.74, 6) is -0.553. The molecule has 0 atom stereocenters. The van der Waals surface area contributed by atoms with Crippen molar-refractivity contribution in [1.82, 2.24) is 0 Å². The maximum atomic E-state index is 12.9. The van der Waals surface area contributed by atoms with Crippen LogP contribution in [-0.2, 0) is 20.8 Å². The topological polar surface area (TPSA) is 127 Å². The Bertz CT molecular complexity index is 1990. The quantitative estimate of drug-likeness (QED) is 0.0930. The Hall–Kier alpha value is -4.28. The smallest absolute Gasteiger partial charge is 0.312 e. The summed E-state index contributed by atoms with van der Waals surface area (Å²) in [4.78, 5) is 35.8. The summed E-state index contributed by atoms with van der Waals surface area (Å²) in [5.41, 5.74) is -0.200. The highest BCUT2D eigenvalue weighted by Crippen LogP contribution is 2.38. The van der Waals surface area contributed by atoms with Gasteiger partial charge in [-0.05, 0) is 72.3 Å². The minimum Gasteiger partial charge on any atom is -0.312 e. The van der Waals surface area contributed by atoms with Gasteiger partial charge in [0.05, 0.1) is 26.0 Å². The fourth-order valence-electron chi connectivity index (χ4n) is 3.87. The van der Waals surface area contributed by atoms with Crippen LogP contribution < -0.4 is 10.2 Å². The van der Waals surface area contributed by atoms with E-state index in [0.717, 1.165) is 28.8 Å². The number of anilines is 2. The lowest BCUT2D eigenvalue weighted by atomic mass is 10.1. The van der Waals surface area contributed by atoms with E-state index in [-0.39, 0.29) is 31.2 Å². The number of benzene rings is 4. The van der Waals surface area contributed by atoms with E-state index in [1.165, 1.54) is 84.9 Å². The third-order valence-corrected chi connectivity index (χ3v) is 9.26. The number of nitro benzene ring substituents is 1. The van der Waals surface area contributed by atoms with Gasteiger partial charge in [0.25, 0.3) is 21.4 Å². The van der Waals surface area contributed by atoms with Crippen molar-refractivity contribution in [2.24, 2.45) is 0 Å². The zero-order chi connectivity index (χ0) is 34.5. The van der Waals surface area contributed by atoms with Gasteiger partial charge in [-0.3, -0.25) is 24.6 Å². The molecule has 1 N–H and O–H groups in total. The summed E-state index contributed by atoms with van der Waals surface area (Å²) >= 11 is 17.6. The maximum Gasteiger partial charge on any atom is 0.416 e. The van der Waals surface area contributed by atoms with Gasteiger partial charge in [-0.15, -0.1) is 0 Å². The number of hydrogen-bond acceptors (Lipinski definition) is 8. The Labute approximate surface area is 285 Å². The first-order valence-electron chi connectivity index (χ1n) is 12.8. The van der Waals surface area contributed by atoms with Gasteiger partial charge in [-0.2, -0.15) is 13.2 Å². The molecule has 5 rings (SSSR count). The number of sulfone groups is 1. The van der Waals surface area contributed by atoms with Gasteiger partial charge in [0.1, 0.15) is 0 Å². The van der Waals surface area contributed by atoms with Crippen molar-refractivity contribution in [2.75, 3.05) is 10.2 Å². The minimum atomic E-state index is -4.54. The molecular weight excluding hydrogens is 722 g/mol. The van der Waals surface area contributed by atoms with Crippen LogP contribution in [0.15, 0.2) is 107 Å². The average Bonchev–Trinajstić information content (AvgIpc) is 3.29. The lowest BCUT2D eigenvalue weighted by Crippen LogP contribution is -2.27. The second-order valence-corrected chi connectivity index (χ2v) is 13.7. The van der Waals surface area contributed by atoms with Crippen molar-refractivity contribution in [1.29, 1.82) is 0 Å². The minimum absolute atomic E-state index is 0.0272. The molecule has 1 heterocycles. The number of thiocarbonyl (C=S) groups is 1. The maximum absolute atomic E-state index is 12.9. The number of nitro groups is 1. The monoisotopic (exact) mass is 739 g/mol. The molecule has 1 aliphatic rings. The molecule has 4 aromatic rings. The number of alkyl halides is 3. The largest absolute Gasteiger partial charge is 0.416 e. The number of non-ortho nitro benzene ring substituents is 1. The van der Waals surface area contributed by atoms with Gasteiger partial charge in [-0.25, -0.2) is 8.42 Å². The van der Waals surface area contributed by atoms with E-state index in [9.17, 15) is 41.3 Å². The van der Waals surface area contributed by atoms with E-state index >= 15 is 0 Å². The third kappa shape index (κ3) is 8.96. The van der Waals surface area contributed by atoms with E-state index in [2.05, 4.69) is 5.32 Å². The lowest BCUT2D eigenvalue weighted by molar-refractivity contribution is -0.384. The van der Waals surface area contributed by atoms with Crippen LogP contribution in [0, 0.1) is 10.1 Å². The predicted octanol–water partition coefficient (Wildman–Crippen LogP) is 9.02. The molecule has 4 aromatic carbocycles. The van der Waals surface area contributed by atoms with Crippen LogP contribution in [0.5, 0.6) is 0 Å². The van der Waals surface area contributed by atoms with Gasteiger partial charge in [0, 0.05) is 27.9 Å². The number of hydrogen-bond donors (Lipinski definition) is 1. The summed E-state index contributed by atoms with van der Waals surface area (Å²) in [6.45, 7) is 0. The van der Waals surface area contributed by atoms with Crippen LogP contribution >= 0.6 is 47.2 Å². The average molecular weight is 741 g/mol. The molecule has 1 aliphatic heterocycles. The highest BCUT2D eigenvalue weighted by atomic mass is 35.5. The van der Waals surface area contributed by atoms with E-state index in [0.29, 0.717) is 15.6 Å². The van der Waals surface area contributed by atoms with Crippen molar-refractivity contribution >= 4 is 95.6 Å². The number of thioether (sulfide) groups is 1. The second-order valence-electron chi connectivity index (χ2n) is 9.30. The SMILES string of the molecule is O=C(Nc1cc(Cl)cc(Cl)c1)S(=O)(=O)c1ccccc1.O=C1C(=Cc2ccc([N+](=O)[O-])cc2)SC(=S)N1c1cccc(C(F)(F)F)c1. The van der Waals surface area contributed by atoms with E-state index < -0.39 is 37.6 Å². The Morgan fingerprint density at radius 3 is 2.13 bits per heavy atom. The van der Waals surface area contributed by atoms with Crippen LogP contribution in [0.1, 0.15) is 11.1 Å². The first kappa shape index (κ1) is 35.6. The molecule has 0 bridgehead atoms. The molecule has 0 unspecified atom stereocenters. The molecule has 0 aromatic heterocycles. The number of rotatable bonds is 5. The Balaban J connectivity index is 0.000000223. The molecule has 1 saturated heterocycles. The Morgan fingerprint density at radius 1 is 0.936 bits per heavy atom. The van der Waals surface area contributed by atoms with E-state index in [1.54, 1.807) is 6.07 Å². The molecular formula is C30H18Cl2F3N3O6S3. The van der Waals surface area contributed by atoms with Crippen LogP contribution in [-0.4, -0.2) is 28.8 Å². The van der Waals surface area contributed by atoms with Gasteiger partial charge in [-0.1, -0.05) is 71.4 Å². The van der Waals surface area contributed by atoms with Crippen LogP contribution in [0.4, 0.5) is 35.0 Å². The molecule has 0 saturated carbocycles. The van der Waals surface area contributed by atoms with E-state index in [4.69, 9.17) is 35.4 Å². The van der Waals surface area contributed by atoms with Crippen molar-refractivity contribution in [3.05, 3.63) is 133 Å². The molecule has 47 heavy (non-hydrogen) atoms.